The van der Waals surface area contributed by atoms with Crippen molar-refractivity contribution in [2.75, 3.05) is 41.9 Å². The molecule has 2 fully saturated rings. The molecule has 1 aromatic carbocycles. The maximum atomic E-state index is 14.3. The van der Waals surface area contributed by atoms with Gasteiger partial charge >= 0.3 is 0 Å². The summed E-state index contributed by atoms with van der Waals surface area (Å²) in [5.41, 5.74) is 2.18. The highest BCUT2D eigenvalue weighted by molar-refractivity contribution is 5.90. The van der Waals surface area contributed by atoms with Crippen LogP contribution in [-0.4, -0.2) is 116 Å². The van der Waals surface area contributed by atoms with Crippen LogP contribution in [0.3, 0.4) is 0 Å². The standard InChI is InChI=1S/C46H76N4O7/c1-14-31(7)43(49(11)46(55)35(28(2)3)24-39(52)42(29(4)5)48(9)10)40(56-12)26-41(53)50-23-15-16-37(50)44(57-13)32(8)38(51)25-36(34-21-22-34)45(54)47-27-33-19-17-30(6)18-20-33/h17-20,28-29,31-32,34-37,40,42-44H,14-16,21-27H2,1-13H3,(H,47,54)/t31-,32-,35-,36-,37-,40+,42-,43-,44+/m0/s1. The predicted molar refractivity (Wildman–Crippen MR) is 225 cm³/mol. The summed E-state index contributed by atoms with van der Waals surface area (Å²) in [6.45, 7) is 17.0. The molecule has 1 saturated carbocycles. The molecule has 11 heteroatoms. The SMILES string of the molecule is CC[C@H](C)[C@@H]([C@@H](CC(=O)N1CCC[C@H]1[C@H](OC)[C@@H](C)C(=O)C[C@H](C(=O)NCc1ccc(C)cc1)C1CC1)OC)N(C)C(=O)[C@@H](CC(=O)[C@H](C(C)C)N(C)C)C(C)C. The molecule has 1 heterocycles. The van der Waals surface area contributed by atoms with Crippen LogP contribution in [0.2, 0.25) is 0 Å². The van der Waals surface area contributed by atoms with Gasteiger partial charge in [-0.25, -0.2) is 0 Å². The van der Waals surface area contributed by atoms with Gasteiger partial charge in [-0.3, -0.25) is 28.9 Å². The van der Waals surface area contributed by atoms with Crippen molar-refractivity contribution in [1.82, 2.24) is 20.0 Å². The summed E-state index contributed by atoms with van der Waals surface area (Å²) < 4.78 is 12.1. The number of Topliss-reactive ketones (excluding diaryl/α,β-unsaturated/α-hetero) is 2. The van der Waals surface area contributed by atoms with E-state index in [2.05, 4.69) is 19.2 Å². The summed E-state index contributed by atoms with van der Waals surface area (Å²) in [6.07, 6.45) is 3.35. The Morgan fingerprint density at radius 3 is 1.98 bits per heavy atom. The van der Waals surface area contributed by atoms with Crippen LogP contribution in [0.1, 0.15) is 111 Å². The van der Waals surface area contributed by atoms with E-state index in [1.54, 1.807) is 26.2 Å². The molecule has 0 unspecified atom stereocenters. The average molecular weight is 797 g/mol. The van der Waals surface area contributed by atoms with E-state index < -0.39 is 30.1 Å². The number of likely N-dealkylation sites (tertiary alicyclic amines) is 1. The first kappa shape index (κ1) is 48.2. The highest BCUT2D eigenvalue weighted by Gasteiger charge is 2.44. The molecule has 1 aliphatic heterocycles. The molecule has 0 radical (unpaired) electrons. The lowest BCUT2D eigenvalue weighted by Crippen LogP contribution is -2.54. The number of benzene rings is 1. The molecule has 11 nitrogen and oxygen atoms in total. The fourth-order valence-electron chi connectivity index (χ4n) is 9.20. The third-order valence-electron chi connectivity index (χ3n) is 12.9. The highest BCUT2D eigenvalue weighted by atomic mass is 16.5. The van der Waals surface area contributed by atoms with E-state index in [-0.39, 0.29) is 90.2 Å². The molecule has 3 amide bonds. The number of rotatable bonds is 24. The fraction of sp³-hybridized carbons (Fsp3) is 0.761. The Morgan fingerprint density at radius 2 is 1.47 bits per heavy atom. The van der Waals surface area contributed by atoms with Crippen LogP contribution < -0.4 is 5.32 Å². The molecule has 3 rings (SSSR count). The molecule has 9 atom stereocenters. The van der Waals surface area contributed by atoms with Crippen molar-refractivity contribution in [3.05, 3.63) is 35.4 Å². The van der Waals surface area contributed by atoms with Gasteiger partial charge in [-0.1, -0.05) is 84.7 Å². The number of hydrogen-bond acceptors (Lipinski definition) is 8. The van der Waals surface area contributed by atoms with E-state index >= 15 is 0 Å². The zero-order chi connectivity index (χ0) is 42.7. The van der Waals surface area contributed by atoms with Crippen LogP contribution in [0.15, 0.2) is 24.3 Å². The van der Waals surface area contributed by atoms with Gasteiger partial charge in [-0.15, -0.1) is 0 Å². The first-order chi connectivity index (χ1) is 26.9. The monoisotopic (exact) mass is 797 g/mol. The lowest BCUT2D eigenvalue weighted by molar-refractivity contribution is -0.149. The molecule has 1 aromatic rings. The van der Waals surface area contributed by atoms with Gasteiger partial charge in [-0.05, 0) is 75.9 Å². The van der Waals surface area contributed by atoms with Crippen LogP contribution in [0.4, 0.5) is 0 Å². The first-order valence-corrected chi connectivity index (χ1v) is 21.5. The van der Waals surface area contributed by atoms with E-state index in [0.717, 1.165) is 36.8 Å². The number of amides is 3. The molecular weight excluding hydrogens is 721 g/mol. The smallest absolute Gasteiger partial charge is 0.226 e. The number of ketones is 2. The van der Waals surface area contributed by atoms with Gasteiger partial charge in [0.05, 0.1) is 36.8 Å². The van der Waals surface area contributed by atoms with Crippen LogP contribution in [0.25, 0.3) is 0 Å². The topological polar surface area (TPSA) is 126 Å². The molecule has 1 aliphatic carbocycles. The number of likely N-dealkylation sites (N-methyl/N-ethyl adjacent to an activating group) is 2. The van der Waals surface area contributed by atoms with Gasteiger partial charge in [0.1, 0.15) is 5.78 Å². The van der Waals surface area contributed by atoms with Crippen LogP contribution in [-0.2, 0) is 40.0 Å². The Kier molecular flexibility index (Phi) is 18.9. The maximum absolute atomic E-state index is 14.3. The van der Waals surface area contributed by atoms with Crippen molar-refractivity contribution >= 4 is 29.3 Å². The van der Waals surface area contributed by atoms with E-state index in [0.29, 0.717) is 19.5 Å². The van der Waals surface area contributed by atoms with Gasteiger partial charge in [0, 0.05) is 65.0 Å². The first-order valence-electron chi connectivity index (χ1n) is 21.5. The van der Waals surface area contributed by atoms with Crippen LogP contribution in [0.5, 0.6) is 0 Å². The summed E-state index contributed by atoms with van der Waals surface area (Å²) in [5, 5.41) is 3.07. The Balaban J connectivity index is 1.74. The van der Waals surface area contributed by atoms with Crippen molar-refractivity contribution in [3.63, 3.8) is 0 Å². The van der Waals surface area contributed by atoms with Crippen LogP contribution in [0, 0.1) is 48.3 Å². The zero-order valence-electron chi connectivity index (χ0n) is 37.5. The maximum Gasteiger partial charge on any atom is 0.226 e. The number of aryl methyl sites for hydroxylation is 1. The van der Waals surface area contributed by atoms with E-state index in [4.69, 9.17) is 9.47 Å². The lowest BCUT2D eigenvalue weighted by Gasteiger charge is -2.41. The number of hydrogen-bond donors (Lipinski definition) is 1. The summed E-state index contributed by atoms with van der Waals surface area (Å²) in [6, 6.07) is 7.06. The Labute approximate surface area is 344 Å². The second-order valence-electron chi connectivity index (χ2n) is 18.1. The van der Waals surface area contributed by atoms with Crippen molar-refractivity contribution in [2.45, 2.75) is 144 Å². The average Bonchev–Trinajstić information content (AvgIpc) is 3.89. The molecule has 0 aromatic heterocycles. The minimum absolute atomic E-state index is 0.0117. The molecule has 57 heavy (non-hydrogen) atoms. The van der Waals surface area contributed by atoms with E-state index in [1.165, 1.54) is 0 Å². The number of methoxy groups -OCH3 is 2. The predicted octanol–water partition coefficient (Wildman–Crippen LogP) is 6.33. The quantitative estimate of drug-likeness (QED) is 0.129. The Hall–Kier alpha value is -3.15. The second kappa shape index (κ2) is 22.3. The van der Waals surface area contributed by atoms with Gasteiger partial charge in [-0.2, -0.15) is 0 Å². The van der Waals surface area contributed by atoms with Crippen molar-refractivity contribution < 1.29 is 33.4 Å². The molecule has 0 spiro atoms. The van der Waals surface area contributed by atoms with Crippen molar-refractivity contribution in [2.24, 2.45) is 41.4 Å². The Bertz CT molecular complexity index is 1470. The second-order valence-corrected chi connectivity index (χ2v) is 18.1. The molecular formula is C46H76N4O7. The summed E-state index contributed by atoms with van der Waals surface area (Å²) in [7, 11) is 8.77. The minimum atomic E-state index is -0.589. The number of nitrogens with zero attached hydrogens (tertiary/aromatic N) is 3. The molecule has 1 N–H and O–H groups in total. The normalized spacial score (nSPS) is 20.1. The number of carbonyl (C=O) groups excluding carboxylic acids is 5. The van der Waals surface area contributed by atoms with Gasteiger partial charge in [0.15, 0.2) is 5.78 Å². The largest absolute Gasteiger partial charge is 0.379 e. The summed E-state index contributed by atoms with van der Waals surface area (Å²) in [5.74, 6) is -1.43. The number of carbonyl (C=O) groups is 5. The van der Waals surface area contributed by atoms with E-state index in [1.807, 2.05) is 89.7 Å². The van der Waals surface area contributed by atoms with E-state index in [9.17, 15) is 24.0 Å². The minimum Gasteiger partial charge on any atom is -0.379 e. The van der Waals surface area contributed by atoms with Gasteiger partial charge < -0.3 is 24.6 Å². The molecule has 2 aliphatic rings. The molecule has 1 saturated heterocycles. The third kappa shape index (κ3) is 12.9. The Morgan fingerprint density at radius 1 is 0.842 bits per heavy atom. The fourth-order valence-corrected chi connectivity index (χ4v) is 9.20. The summed E-state index contributed by atoms with van der Waals surface area (Å²) >= 11 is 0. The lowest BCUT2D eigenvalue weighted by atomic mass is 9.83. The van der Waals surface area contributed by atoms with Gasteiger partial charge in [0.2, 0.25) is 17.7 Å². The molecule has 322 valence electrons. The third-order valence-corrected chi connectivity index (χ3v) is 12.9. The molecule has 0 bridgehead atoms. The number of nitrogens with one attached hydrogen (secondary N) is 1. The van der Waals surface area contributed by atoms with Crippen molar-refractivity contribution in [1.29, 1.82) is 0 Å². The number of ether oxygens (including phenoxy) is 2. The summed E-state index contributed by atoms with van der Waals surface area (Å²) in [4.78, 5) is 75.1. The van der Waals surface area contributed by atoms with Crippen molar-refractivity contribution in [3.8, 4) is 0 Å². The van der Waals surface area contributed by atoms with Gasteiger partial charge in [0.25, 0.3) is 0 Å². The highest BCUT2D eigenvalue weighted by Crippen LogP contribution is 2.40. The van der Waals surface area contributed by atoms with Crippen LogP contribution >= 0.6 is 0 Å². The zero-order valence-corrected chi connectivity index (χ0v) is 37.5.